The maximum absolute atomic E-state index is 13.1. The summed E-state index contributed by atoms with van der Waals surface area (Å²) in [5, 5.41) is 5.95. The number of hydrogen-bond donors (Lipinski definition) is 2. The van der Waals surface area contributed by atoms with E-state index in [1.165, 1.54) is 12.0 Å². The first-order chi connectivity index (χ1) is 14.5. The van der Waals surface area contributed by atoms with Gasteiger partial charge in [-0.05, 0) is 49.2 Å². The van der Waals surface area contributed by atoms with Gasteiger partial charge in [-0.3, -0.25) is 14.4 Å². The highest BCUT2D eigenvalue weighted by molar-refractivity contribution is 6.31. The van der Waals surface area contributed by atoms with Gasteiger partial charge in [-0.1, -0.05) is 11.6 Å². The fourth-order valence-electron chi connectivity index (χ4n) is 3.67. The number of anilines is 2. The minimum atomic E-state index is -0.622. The molecule has 2 aliphatic rings. The molecule has 2 heterocycles. The maximum Gasteiger partial charge on any atom is 0.262 e. The zero-order chi connectivity index (χ0) is 21.3. The van der Waals surface area contributed by atoms with Gasteiger partial charge in [0, 0.05) is 17.3 Å². The first-order valence-electron chi connectivity index (χ1n) is 9.48. The topological polar surface area (TPSA) is 97.0 Å². The quantitative estimate of drug-likeness (QED) is 0.778. The van der Waals surface area contributed by atoms with Crippen LogP contribution in [-0.4, -0.2) is 48.9 Å². The number of methoxy groups -OCH3 is 1. The van der Waals surface area contributed by atoms with Crippen molar-refractivity contribution in [2.75, 3.05) is 30.9 Å². The Balaban J connectivity index is 1.52. The average molecular weight is 430 g/mol. The Morgan fingerprint density at radius 2 is 2.10 bits per heavy atom. The average Bonchev–Trinajstić information content (AvgIpc) is 3.23. The summed E-state index contributed by atoms with van der Waals surface area (Å²) in [6, 6.07) is 9.19. The summed E-state index contributed by atoms with van der Waals surface area (Å²) in [6.07, 6.45) is 1.26. The number of nitrogens with one attached hydrogen (secondary N) is 2. The summed E-state index contributed by atoms with van der Waals surface area (Å²) in [5.74, 6) is 0.0798. The van der Waals surface area contributed by atoms with Crippen molar-refractivity contribution < 1.29 is 23.9 Å². The van der Waals surface area contributed by atoms with E-state index in [4.69, 9.17) is 21.1 Å². The molecule has 0 radical (unpaired) electrons. The predicted molar refractivity (Wildman–Crippen MR) is 111 cm³/mol. The van der Waals surface area contributed by atoms with Gasteiger partial charge in [-0.25, -0.2) is 0 Å². The molecule has 30 heavy (non-hydrogen) atoms. The summed E-state index contributed by atoms with van der Waals surface area (Å²) in [5.41, 5.74) is 1.31. The summed E-state index contributed by atoms with van der Waals surface area (Å²) in [6.45, 7) is 0.422. The molecule has 2 N–H and O–H groups in total. The Hall–Kier alpha value is -3.26. The van der Waals surface area contributed by atoms with Gasteiger partial charge in [0.2, 0.25) is 5.91 Å². The van der Waals surface area contributed by atoms with Crippen molar-refractivity contribution in [3.05, 3.63) is 47.0 Å². The number of carbonyl (C=O) groups excluding carboxylic acids is 3. The van der Waals surface area contributed by atoms with Gasteiger partial charge in [0.1, 0.15) is 17.5 Å². The van der Waals surface area contributed by atoms with Crippen molar-refractivity contribution in [3.8, 4) is 11.5 Å². The van der Waals surface area contributed by atoms with Crippen LogP contribution in [0.3, 0.4) is 0 Å². The number of amides is 3. The highest BCUT2D eigenvalue weighted by Gasteiger charge is 2.35. The Morgan fingerprint density at radius 1 is 1.27 bits per heavy atom. The van der Waals surface area contributed by atoms with Crippen LogP contribution in [0.2, 0.25) is 5.02 Å². The van der Waals surface area contributed by atoms with E-state index in [-0.39, 0.29) is 24.3 Å². The summed E-state index contributed by atoms with van der Waals surface area (Å²) in [7, 11) is 1.48. The second kappa shape index (κ2) is 8.23. The third-order valence-electron chi connectivity index (χ3n) is 5.09. The Kier molecular flexibility index (Phi) is 5.50. The smallest absolute Gasteiger partial charge is 0.262 e. The van der Waals surface area contributed by atoms with Crippen molar-refractivity contribution in [1.29, 1.82) is 0 Å². The van der Waals surface area contributed by atoms with E-state index in [0.29, 0.717) is 52.8 Å². The van der Waals surface area contributed by atoms with E-state index < -0.39 is 6.04 Å². The maximum atomic E-state index is 13.1. The Labute approximate surface area is 178 Å². The minimum absolute atomic E-state index is 0.0369. The molecule has 3 amide bonds. The molecule has 0 unspecified atom stereocenters. The number of hydrogen-bond acceptors (Lipinski definition) is 5. The number of fused-ring (bicyclic) bond motifs is 1. The van der Waals surface area contributed by atoms with Crippen molar-refractivity contribution in [2.45, 2.75) is 18.9 Å². The third kappa shape index (κ3) is 3.91. The number of ether oxygens (including phenoxy) is 2. The largest absolute Gasteiger partial charge is 0.496 e. The number of rotatable bonds is 4. The first kappa shape index (κ1) is 20.0. The predicted octanol–water partition coefficient (Wildman–Crippen LogP) is 2.92. The monoisotopic (exact) mass is 429 g/mol. The van der Waals surface area contributed by atoms with Crippen molar-refractivity contribution in [1.82, 2.24) is 4.90 Å². The molecule has 2 aliphatic heterocycles. The number of nitrogens with zero attached hydrogens (tertiary/aromatic N) is 1. The van der Waals surface area contributed by atoms with Gasteiger partial charge < -0.3 is 25.0 Å². The number of likely N-dealkylation sites (tertiary alicyclic amines) is 1. The molecule has 1 saturated heterocycles. The summed E-state index contributed by atoms with van der Waals surface area (Å²) < 4.78 is 10.6. The highest BCUT2D eigenvalue weighted by Crippen LogP contribution is 2.32. The molecule has 8 nitrogen and oxygen atoms in total. The van der Waals surface area contributed by atoms with Crippen molar-refractivity contribution >= 4 is 40.7 Å². The molecular formula is C21H20ClN3O5. The van der Waals surface area contributed by atoms with Crippen LogP contribution in [0.1, 0.15) is 23.2 Å². The van der Waals surface area contributed by atoms with Crippen LogP contribution < -0.4 is 20.1 Å². The molecule has 2 aromatic carbocycles. The number of carbonyl (C=O) groups is 3. The second-order valence-electron chi connectivity index (χ2n) is 7.04. The molecule has 2 aromatic rings. The molecule has 0 spiro atoms. The zero-order valence-corrected chi connectivity index (χ0v) is 17.0. The van der Waals surface area contributed by atoms with E-state index in [2.05, 4.69) is 10.6 Å². The molecule has 0 aromatic heterocycles. The fourth-order valence-corrected chi connectivity index (χ4v) is 3.84. The van der Waals surface area contributed by atoms with Crippen LogP contribution >= 0.6 is 11.6 Å². The lowest BCUT2D eigenvalue weighted by molar-refractivity contribution is -0.120. The number of benzene rings is 2. The Bertz CT molecular complexity index is 1030. The molecule has 1 atom stereocenters. The second-order valence-corrected chi connectivity index (χ2v) is 7.47. The van der Waals surface area contributed by atoms with E-state index in [1.807, 2.05) is 0 Å². The SMILES string of the molecule is COc1ccc(Cl)cc1C(=O)N1CCC[C@H]1C(=O)Nc1ccc2c(c1)NC(=O)CO2. The van der Waals surface area contributed by atoms with Gasteiger partial charge in [0.25, 0.3) is 11.8 Å². The van der Waals surface area contributed by atoms with Gasteiger partial charge in [-0.2, -0.15) is 0 Å². The minimum Gasteiger partial charge on any atom is -0.496 e. The van der Waals surface area contributed by atoms with E-state index in [1.54, 1.807) is 36.4 Å². The number of halogens is 1. The van der Waals surface area contributed by atoms with Crippen molar-refractivity contribution in [3.63, 3.8) is 0 Å². The lowest BCUT2D eigenvalue weighted by Gasteiger charge is -2.25. The van der Waals surface area contributed by atoms with Crippen LogP contribution in [0.25, 0.3) is 0 Å². The zero-order valence-electron chi connectivity index (χ0n) is 16.2. The van der Waals surface area contributed by atoms with Gasteiger partial charge in [0.05, 0.1) is 18.4 Å². The molecule has 0 bridgehead atoms. The van der Waals surface area contributed by atoms with Crippen molar-refractivity contribution in [2.24, 2.45) is 0 Å². The van der Waals surface area contributed by atoms with Crippen LogP contribution in [0.15, 0.2) is 36.4 Å². The van der Waals surface area contributed by atoms with E-state index in [0.717, 1.165) is 0 Å². The van der Waals surface area contributed by atoms with Gasteiger partial charge in [0.15, 0.2) is 6.61 Å². The Morgan fingerprint density at radius 3 is 2.90 bits per heavy atom. The molecule has 156 valence electrons. The first-order valence-corrected chi connectivity index (χ1v) is 9.86. The lowest BCUT2D eigenvalue weighted by atomic mass is 10.1. The van der Waals surface area contributed by atoms with Gasteiger partial charge >= 0.3 is 0 Å². The van der Waals surface area contributed by atoms with Gasteiger partial charge in [-0.15, -0.1) is 0 Å². The molecular weight excluding hydrogens is 410 g/mol. The van der Waals surface area contributed by atoms with Crippen LogP contribution in [-0.2, 0) is 9.59 Å². The van der Waals surface area contributed by atoms with Crippen LogP contribution in [0.5, 0.6) is 11.5 Å². The third-order valence-corrected chi connectivity index (χ3v) is 5.32. The summed E-state index contributed by atoms with van der Waals surface area (Å²) in [4.78, 5) is 39.1. The molecule has 4 rings (SSSR count). The van der Waals surface area contributed by atoms with Crippen LogP contribution in [0.4, 0.5) is 11.4 Å². The molecule has 0 aliphatic carbocycles. The molecule has 0 saturated carbocycles. The normalized spacial score (nSPS) is 17.6. The van der Waals surface area contributed by atoms with E-state index in [9.17, 15) is 14.4 Å². The highest BCUT2D eigenvalue weighted by atomic mass is 35.5. The molecule has 9 heteroatoms. The fraction of sp³-hybridized carbons (Fsp3) is 0.286. The molecule has 1 fully saturated rings. The summed E-state index contributed by atoms with van der Waals surface area (Å²) >= 11 is 6.05. The van der Waals surface area contributed by atoms with E-state index >= 15 is 0 Å². The lowest BCUT2D eigenvalue weighted by Crippen LogP contribution is -2.43. The standard InChI is InChI=1S/C21H20ClN3O5/c1-29-17-6-4-12(22)9-14(17)21(28)25-8-2-3-16(25)20(27)23-13-5-7-18-15(10-13)24-19(26)11-30-18/h4-7,9-10,16H,2-3,8,11H2,1H3,(H,23,27)(H,24,26)/t16-/m0/s1. The van der Waals surface area contributed by atoms with Crippen LogP contribution in [0, 0.1) is 0 Å².